The van der Waals surface area contributed by atoms with Gasteiger partial charge in [0.05, 0.1) is 0 Å². The van der Waals surface area contributed by atoms with E-state index in [1.165, 1.54) is 32.1 Å². The molecule has 0 spiro atoms. The number of ether oxygens (including phenoxy) is 1. The Bertz CT molecular complexity index is 227. The van der Waals surface area contributed by atoms with E-state index >= 15 is 0 Å². The van der Waals surface area contributed by atoms with Crippen molar-refractivity contribution < 1.29 is 4.74 Å². The Balaban J connectivity index is 2.58. The van der Waals surface area contributed by atoms with Crippen molar-refractivity contribution in [2.24, 2.45) is 17.3 Å². The fraction of sp³-hybridized carbons (Fsp3) is 1.00. The first-order chi connectivity index (χ1) is 8.51. The molecule has 1 rings (SSSR count). The summed E-state index contributed by atoms with van der Waals surface area (Å²) in [5.74, 6) is 1.71. The molecule has 0 aromatic rings. The second-order valence-corrected chi connectivity index (χ2v) is 6.77. The minimum Gasteiger partial charge on any atom is -0.385 e. The van der Waals surface area contributed by atoms with Gasteiger partial charge in [-0.2, -0.15) is 0 Å². The summed E-state index contributed by atoms with van der Waals surface area (Å²) in [6.07, 6.45) is 6.61. The van der Waals surface area contributed by atoms with Crippen molar-refractivity contribution in [2.45, 2.75) is 65.8 Å². The number of nitrogens with one attached hydrogen (secondary N) is 1. The van der Waals surface area contributed by atoms with Crippen LogP contribution in [0.4, 0.5) is 0 Å². The van der Waals surface area contributed by atoms with Crippen LogP contribution >= 0.6 is 0 Å². The Morgan fingerprint density at radius 1 is 1.28 bits per heavy atom. The van der Waals surface area contributed by atoms with Crippen molar-refractivity contribution in [2.75, 3.05) is 20.3 Å². The average Bonchev–Trinajstić information content (AvgIpc) is 2.29. The zero-order valence-corrected chi connectivity index (χ0v) is 13.1. The lowest BCUT2D eigenvalue weighted by atomic mass is 9.64. The second kappa shape index (κ2) is 7.49. The molecule has 0 aliphatic heterocycles. The van der Waals surface area contributed by atoms with E-state index in [1.807, 2.05) is 0 Å². The van der Waals surface area contributed by atoms with Crippen molar-refractivity contribution in [1.82, 2.24) is 5.32 Å². The molecule has 1 N–H and O–H groups in total. The Kier molecular flexibility index (Phi) is 6.65. The molecule has 0 aromatic carbocycles. The van der Waals surface area contributed by atoms with E-state index in [2.05, 4.69) is 33.0 Å². The molecule has 1 aliphatic carbocycles. The molecule has 3 unspecified atom stereocenters. The first-order valence-electron chi connectivity index (χ1n) is 7.73. The topological polar surface area (TPSA) is 21.3 Å². The smallest absolute Gasteiger partial charge is 0.0462 e. The van der Waals surface area contributed by atoms with Gasteiger partial charge in [-0.05, 0) is 49.5 Å². The summed E-state index contributed by atoms with van der Waals surface area (Å²) in [6.45, 7) is 11.5. The van der Waals surface area contributed by atoms with Crippen LogP contribution in [0.1, 0.15) is 59.8 Å². The van der Waals surface area contributed by atoms with Gasteiger partial charge in [-0.15, -0.1) is 0 Å². The maximum Gasteiger partial charge on any atom is 0.0462 e. The van der Waals surface area contributed by atoms with Crippen molar-refractivity contribution >= 4 is 0 Å². The Morgan fingerprint density at radius 3 is 2.61 bits per heavy atom. The van der Waals surface area contributed by atoms with Gasteiger partial charge < -0.3 is 10.1 Å². The minimum atomic E-state index is 0.436. The van der Waals surface area contributed by atoms with Gasteiger partial charge in [-0.25, -0.2) is 0 Å². The molecule has 2 nitrogen and oxygen atoms in total. The molecular weight excluding hydrogens is 222 g/mol. The minimum absolute atomic E-state index is 0.436. The van der Waals surface area contributed by atoms with Crippen molar-refractivity contribution in [1.29, 1.82) is 0 Å². The van der Waals surface area contributed by atoms with Crippen LogP contribution in [0.2, 0.25) is 0 Å². The fourth-order valence-corrected chi connectivity index (χ4v) is 3.66. The maximum atomic E-state index is 5.20. The Labute approximate surface area is 114 Å². The fourth-order valence-electron chi connectivity index (χ4n) is 3.66. The van der Waals surface area contributed by atoms with Crippen molar-refractivity contribution in [3.8, 4) is 0 Å². The Morgan fingerprint density at radius 2 is 2.00 bits per heavy atom. The lowest BCUT2D eigenvalue weighted by Gasteiger charge is -2.45. The quantitative estimate of drug-likeness (QED) is 0.698. The number of hydrogen-bond acceptors (Lipinski definition) is 2. The normalized spacial score (nSPS) is 29.5. The Hall–Kier alpha value is -0.0800. The van der Waals surface area contributed by atoms with Gasteiger partial charge in [0.2, 0.25) is 0 Å². The third-order valence-corrected chi connectivity index (χ3v) is 4.75. The zero-order chi connectivity index (χ0) is 13.6. The van der Waals surface area contributed by atoms with Crippen LogP contribution in [0.25, 0.3) is 0 Å². The van der Waals surface area contributed by atoms with Crippen LogP contribution < -0.4 is 5.32 Å². The number of methoxy groups -OCH3 is 1. The molecule has 18 heavy (non-hydrogen) atoms. The van der Waals surface area contributed by atoms with Gasteiger partial charge in [0.15, 0.2) is 0 Å². The van der Waals surface area contributed by atoms with E-state index in [0.717, 1.165) is 31.0 Å². The number of hydrogen-bond donors (Lipinski definition) is 1. The average molecular weight is 255 g/mol. The molecule has 0 heterocycles. The van der Waals surface area contributed by atoms with Gasteiger partial charge in [-0.3, -0.25) is 0 Å². The van der Waals surface area contributed by atoms with E-state index in [1.54, 1.807) is 7.11 Å². The predicted molar refractivity (Wildman–Crippen MR) is 78.9 cm³/mol. The third kappa shape index (κ3) is 4.55. The summed E-state index contributed by atoms with van der Waals surface area (Å²) in [6, 6.07) is 0.719. The maximum absolute atomic E-state index is 5.20. The van der Waals surface area contributed by atoms with Gasteiger partial charge in [0, 0.05) is 19.8 Å². The van der Waals surface area contributed by atoms with Crippen molar-refractivity contribution in [3.63, 3.8) is 0 Å². The van der Waals surface area contributed by atoms with Crippen LogP contribution in [0.5, 0.6) is 0 Å². The molecule has 1 saturated carbocycles. The highest BCUT2D eigenvalue weighted by Crippen LogP contribution is 2.42. The summed E-state index contributed by atoms with van der Waals surface area (Å²) in [5.41, 5.74) is 0.436. The summed E-state index contributed by atoms with van der Waals surface area (Å²) in [4.78, 5) is 0. The highest BCUT2D eigenvalue weighted by atomic mass is 16.5. The third-order valence-electron chi connectivity index (χ3n) is 4.75. The summed E-state index contributed by atoms with van der Waals surface area (Å²) < 4.78 is 5.20. The standard InChI is InChI=1S/C16H33NO/c1-6-17-15-12-13(2)8-9-14(15)16(3,4)10-7-11-18-5/h13-15,17H,6-12H2,1-5H3. The molecule has 0 radical (unpaired) electrons. The van der Waals surface area contributed by atoms with E-state index < -0.39 is 0 Å². The highest BCUT2D eigenvalue weighted by molar-refractivity contribution is 4.91. The van der Waals surface area contributed by atoms with Gasteiger partial charge in [0.25, 0.3) is 0 Å². The lowest BCUT2D eigenvalue weighted by Crippen LogP contribution is -2.46. The van der Waals surface area contributed by atoms with Crippen LogP contribution in [-0.4, -0.2) is 26.3 Å². The molecule has 3 atom stereocenters. The molecule has 0 aromatic heterocycles. The zero-order valence-electron chi connectivity index (χ0n) is 13.1. The first-order valence-corrected chi connectivity index (χ1v) is 7.73. The summed E-state index contributed by atoms with van der Waals surface area (Å²) in [7, 11) is 1.80. The summed E-state index contributed by atoms with van der Waals surface area (Å²) >= 11 is 0. The summed E-state index contributed by atoms with van der Waals surface area (Å²) in [5, 5.41) is 3.73. The second-order valence-electron chi connectivity index (χ2n) is 6.77. The van der Waals surface area contributed by atoms with E-state index in [-0.39, 0.29) is 0 Å². The van der Waals surface area contributed by atoms with Gasteiger partial charge >= 0.3 is 0 Å². The van der Waals surface area contributed by atoms with E-state index in [4.69, 9.17) is 4.74 Å². The van der Waals surface area contributed by atoms with Gasteiger partial charge in [0.1, 0.15) is 0 Å². The largest absolute Gasteiger partial charge is 0.385 e. The molecule has 108 valence electrons. The molecule has 0 saturated heterocycles. The SMILES string of the molecule is CCNC1CC(C)CCC1C(C)(C)CCCOC. The van der Waals surface area contributed by atoms with Crippen LogP contribution in [0, 0.1) is 17.3 Å². The monoisotopic (exact) mass is 255 g/mol. The van der Waals surface area contributed by atoms with Gasteiger partial charge in [-0.1, -0.05) is 34.1 Å². The molecule has 2 heteroatoms. The highest BCUT2D eigenvalue weighted by Gasteiger charge is 2.37. The first kappa shape index (κ1) is 16.0. The molecule has 0 amide bonds. The van der Waals surface area contributed by atoms with Crippen molar-refractivity contribution in [3.05, 3.63) is 0 Å². The molecule has 0 bridgehead atoms. The molecular formula is C16H33NO. The van der Waals surface area contributed by atoms with Crippen LogP contribution in [0.15, 0.2) is 0 Å². The van der Waals surface area contributed by atoms with Crippen LogP contribution in [-0.2, 0) is 4.74 Å². The lowest BCUT2D eigenvalue weighted by molar-refractivity contribution is 0.0764. The van der Waals surface area contributed by atoms with Crippen LogP contribution in [0.3, 0.4) is 0 Å². The van der Waals surface area contributed by atoms with E-state index in [9.17, 15) is 0 Å². The predicted octanol–water partition coefficient (Wildman–Crippen LogP) is 3.85. The molecule has 1 aliphatic rings. The number of rotatable bonds is 7. The van der Waals surface area contributed by atoms with E-state index in [0.29, 0.717) is 5.41 Å². The molecule has 1 fully saturated rings.